The highest BCUT2D eigenvalue weighted by Crippen LogP contribution is 2.27. The zero-order valence-corrected chi connectivity index (χ0v) is 14.9. The third kappa shape index (κ3) is 6.57. The molecule has 2 aromatic carbocycles. The van der Waals surface area contributed by atoms with E-state index in [0.29, 0.717) is 6.42 Å². The molecule has 2 N–H and O–H groups in total. The maximum Gasteiger partial charge on any atom is 0.573 e. The zero-order valence-electron chi connectivity index (χ0n) is 14.1. The molecule has 0 radical (unpaired) electrons. The number of nitrogens with zero attached hydrogens (tertiary/aromatic N) is 1. The lowest BCUT2D eigenvalue weighted by Gasteiger charge is -2.23. The second kappa shape index (κ2) is 9.45. The van der Waals surface area contributed by atoms with Gasteiger partial charge in [-0.3, -0.25) is 4.79 Å². The highest BCUT2D eigenvalue weighted by atomic mass is 35.5. The van der Waals surface area contributed by atoms with Crippen molar-refractivity contribution in [1.29, 1.82) is 0 Å². The minimum atomic E-state index is -4.79. The number of hydrogen-bond donors (Lipinski definition) is 1. The first-order valence-corrected chi connectivity index (χ1v) is 7.64. The number of amides is 1. The summed E-state index contributed by atoms with van der Waals surface area (Å²) in [5, 5.41) is 0. The van der Waals surface area contributed by atoms with E-state index < -0.39 is 12.4 Å². The van der Waals surface area contributed by atoms with E-state index in [0.717, 1.165) is 5.56 Å². The molecule has 0 aliphatic carbocycles. The number of benzene rings is 2. The van der Waals surface area contributed by atoms with Gasteiger partial charge < -0.3 is 15.4 Å². The number of carbonyl (C=O) groups is 1. The smallest absolute Gasteiger partial charge is 0.405 e. The monoisotopic (exact) mass is 388 g/mol. The number of para-hydroxylation sites is 1. The summed E-state index contributed by atoms with van der Waals surface area (Å²) in [6.45, 7) is -0.0342. The Hall–Kier alpha value is -2.25. The van der Waals surface area contributed by atoms with Crippen LogP contribution in [0.3, 0.4) is 0 Å². The van der Waals surface area contributed by atoms with Crippen molar-refractivity contribution in [3.8, 4) is 5.75 Å². The lowest BCUT2D eigenvalue weighted by atomic mass is 10.1. The number of halogens is 4. The first-order valence-electron chi connectivity index (χ1n) is 7.64. The molecule has 0 spiro atoms. The Labute approximate surface area is 156 Å². The number of carbonyl (C=O) groups excluding carboxylic acids is 1. The van der Waals surface area contributed by atoms with Crippen molar-refractivity contribution >= 4 is 18.3 Å². The predicted molar refractivity (Wildman–Crippen MR) is 95.0 cm³/mol. The SMILES string of the molecule is CN(Cc1ccccc1OC(F)(F)F)C(=O)C(N)Cc1ccccc1.Cl. The van der Waals surface area contributed by atoms with E-state index in [4.69, 9.17) is 5.73 Å². The number of ether oxygens (including phenoxy) is 1. The summed E-state index contributed by atoms with van der Waals surface area (Å²) in [5.41, 5.74) is 7.11. The quantitative estimate of drug-likeness (QED) is 0.823. The molecule has 0 saturated heterocycles. The first kappa shape index (κ1) is 21.8. The van der Waals surface area contributed by atoms with E-state index in [1.165, 1.54) is 30.1 Å². The van der Waals surface area contributed by atoms with Crippen molar-refractivity contribution < 1.29 is 22.7 Å². The lowest BCUT2D eigenvalue weighted by Crippen LogP contribution is -2.42. The van der Waals surface area contributed by atoms with Gasteiger partial charge >= 0.3 is 6.36 Å². The van der Waals surface area contributed by atoms with Crippen LogP contribution in [0.2, 0.25) is 0 Å². The van der Waals surface area contributed by atoms with Crippen molar-refractivity contribution in [3.63, 3.8) is 0 Å². The van der Waals surface area contributed by atoms with E-state index in [2.05, 4.69) is 4.74 Å². The van der Waals surface area contributed by atoms with Gasteiger partial charge in [0.15, 0.2) is 0 Å². The molecule has 0 saturated carbocycles. The minimum absolute atomic E-state index is 0. The van der Waals surface area contributed by atoms with E-state index in [1.54, 1.807) is 6.07 Å². The third-order valence-electron chi connectivity index (χ3n) is 3.60. The van der Waals surface area contributed by atoms with Crippen LogP contribution in [-0.2, 0) is 17.8 Å². The Morgan fingerprint density at radius 3 is 2.31 bits per heavy atom. The maximum atomic E-state index is 12.5. The van der Waals surface area contributed by atoms with Crippen LogP contribution in [0.1, 0.15) is 11.1 Å². The summed E-state index contributed by atoms with van der Waals surface area (Å²) in [7, 11) is 1.50. The topological polar surface area (TPSA) is 55.6 Å². The molecule has 0 aliphatic heterocycles. The van der Waals surface area contributed by atoms with E-state index in [9.17, 15) is 18.0 Å². The fourth-order valence-electron chi connectivity index (χ4n) is 2.43. The van der Waals surface area contributed by atoms with Crippen LogP contribution in [0, 0.1) is 0 Å². The lowest BCUT2D eigenvalue weighted by molar-refractivity contribution is -0.275. The molecule has 1 unspecified atom stereocenters. The number of hydrogen-bond acceptors (Lipinski definition) is 3. The van der Waals surface area contributed by atoms with Gasteiger partial charge in [0.05, 0.1) is 6.04 Å². The van der Waals surface area contributed by atoms with E-state index in [1.807, 2.05) is 30.3 Å². The molecule has 26 heavy (non-hydrogen) atoms. The molecule has 142 valence electrons. The Kier molecular flexibility index (Phi) is 7.92. The van der Waals surface area contributed by atoms with Gasteiger partial charge in [-0.25, -0.2) is 0 Å². The van der Waals surface area contributed by atoms with Gasteiger partial charge in [-0.15, -0.1) is 25.6 Å². The summed E-state index contributed by atoms with van der Waals surface area (Å²) in [4.78, 5) is 13.7. The van der Waals surface area contributed by atoms with Crippen LogP contribution >= 0.6 is 12.4 Å². The van der Waals surface area contributed by atoms with Gasteiger partial charge in [0.2, 0.25) is 5.91 Å². The molecule has 0 fully saturated rings. The molecular weight excluding hydrogens is 369 g/mol. The Balaban J connectivity index is 0.00000338. The first-order chi connectivity index (χ1) is 11.8. The highest BCUT2D eigenvalue weighted by Gasteiger charge is 2.32. The average Bonchev–Trinajstić information content (AvgIpc) is 2.55. The summed E-state index contributed by atoms with van der Waals surface area (Å²) in [6, 6.07) is 14.2. The van der Waals surface area contributed by atoms with Crippen LogP contribution < -0.4 is 10.5 Å². The number of alkyl halides is 3. The molecule has 2 rings (SSSR count). The molecule has 2 aromatic rings. The van der Waals surface area contributed by atoms with Crippen LogP contribution in [0.15, 0.2) is 54.6 Å². The number of likely N-dealkylation sites (N-methyl/N-ethyl adjacent to an activating group) is 1. The molecule has 0 bridgehead atoms. The van der Waals surface area contributed by atoms with Gasteiger partial charge in [0.1, 0.15) is 5.75 Å². The Morgan fingerprint density at radius 1 is 1.12 bits per heavy atom. The van der Waals surface area contributed by atoms with E-state index in [-0.39, 0.29) is 36.2 Å². The second-order valence-corrected chi connectivity index (χ2v) is 5.65. The predicted octanol–water partition coefficient (Wildman–Crippen LogP) is 3.54. The second-order valence-electron chi connectivity index (χ2n) is 5.65. The van der Waals surface area contributed by atoms with Crippen molar-refractivity contribution in [3.05, 3.63) is 65.7 Å². The van der Waals surface area contributed by atoms with Crippen LogP contribution in [0.4, 0.5) is 13.2 Å². The third-order valence-corrected chi connectivity index (χ3v) is 3.60. The normalized spacial score (nSPS) is 12.0. The summed E-state index contributed by atoms with van der Waals surface area (Å²) >= 11 is 0. The van der Waals surface area contributed by atoms with Crippen LogP contribution in [0.5, 0.6) is 5.75 Å². The maximum absolute atomic E-state index is 12.5. The Morgan fingerprint density at radius 2 is 1.69 bits per heavy atom. The molecule has 8 heteroatoms. The van der Waals surface area contributed by atoms with Crippen molar-refractivity contribution in [2.24, 2.45) is 5.73 Å². The Bertz CT molecular complexity index is 711. The van der Waals surface area contributed by atoms with Crippen LogP contribution in [0.25, 0.3) is 0 Å². The van der Waals surface area contributed by atoms with E-state index >= 15 is 0 Å². The van der Waals surface area contributed by atoms with Gasteiger partial charge in [0, 0.05) is 19.2 Å². The summed E-state index contributed by atoms with van der Waals surface area (Å²) in [5.74, 6) is -0.683. The standard InChI is InChI=1S/C18H19F3N2O2.ClH/c1-23(17(24)15(22)11-13-7-3-2-4-8-13)12-14-9-5-6-10-16(14)25-18(19,20)21;/h2-10,15H,11-12,22H2,1H3;1H. The summed E-state index contributed by atoms with van der Waals surface area (Å²) < 4.78 is 41.4. The highest BCUT2D eigenvalue weighted by molar-refractivity contribution is 5.85. The molecule has 0 aromatic heterocycles. The number of rotatable bonds is 6. The molecule has 0 aliphatic rings. The van der Waals surface area contributed by atoms with Crippen LogP contribution in [-0.4, -0.2) is 30.3 Å². The average molecular weight is 389 g/mol. The van der Waals surface area contributed by atoms with Gasteiger partial charge in [-0.05, 0) is 18.1 Å². The number of nitrogens with two attached hydrogens (primary N) is 1. The zero-order chi connectivity index (χ0) is 18.4. The molecule has 1 amide bonds. The molecule has 1 atom stereocenters. The van der Waals surface area contributed by atoms with Gasteiger partial charge in [-0.2, -0.15) is 0 Å². The fourth-order valence-corrected chi connectivity index (χ4v) is 2.43. The fraction of sp³-hybridized carbons (Fsp3) is 0.278. The summed E-state index contributed by atoms with van der Waals surface area (Å²) in [6.07, 6.45) is -4.44. The van der Waals surface area contributed by atoms with Crippen molar-refractivity contribution in [2.75, 3.05) is 7.05 Å². The van der Waals surface area contributed by atoms with Crippen molar-refractivity contribution in [1.82, 2.24) is 4.90 Å². The molecular formula is C18H20ClF3N2O2. The molecule has 4 nitrogen and oxygen atoms in total. The van der Waals surface area contributed by atoms with Gasteiger partial charge in [-0.1, -0.05) is 48.5 Å². The van der Waals surface area contributed by atoms with Crippen molar-refractivity contribution in [2.45, 2.75) is 25.4 Å². The van der Waals surface area contributed by atoms with Gasteiger partial charge in [0.25, 0.3) is 0 Å². The molecule has 0 heterocycles. The minimum Gasteiger partial charge on any atom is -0.405 e. The largest absolute Gasteiger partial charge is 0.573 e.